The molecule has 1 heterocycles. The van der Waals surface area contributed by atoms with Crippen LogP contribution in [0.4, 0.5) is 4.39 Å². The van der Waals surface area contributed by atoms with E-state index in [1.54, 1.807) is 6.07 Å². The molecule has 3 rings (SSSR count). The number of hydrogen-bond acceptors (Lipinski definition) is 4. The molecule has 8 heteroatoms. The van der Waals surface area contributed by atoms with E-state index < -0.39 is 32.0 Å². The molecule has 0 spiro atoms. The molecule has 0 saturated heterocycles. The highest BCUT2D eigenvalue weighted by molar-refractivity contribution is 7.94. The number of halogens is 1. The van der Waals surface area contributed by atoms with Gasteiger partial charge in [-0.3, -0.25) is 9.59 Å². The first-order valence-corrected chi connectivity index (χ1v) is 10.1. The van der Waals surface area contributed by atoms with E-state index in [2.05, 4.69) is 10.3 Å². The van der Waals surface area contributed by atoms with Gasteiger partial charge < -0.3 is 10.3 Å². The number of aromatic amines is 1. The van der Waals surface area contributed by atoms with E-state index in [1.807, 2.05) is 0 Å². The highest BCUT2D eigenvalue weighted by Gasteiger charge is 2.17. The highest BCUT2D eigenvalue weighted by Crippen LogP contribution is 2.18. The minimum atomic E-state index is -3.95. The van der Waals surface area contributed by atoms with Gasteiger partial charge in [0.05, 0.1) is 0 Å². The summed E-state index contributed by atoms with van der Waals surface area (Å²) in [7, 11) is -3.95. The van der Waals surface area contributed by atoms with Gasteiger partial charge >= 0.3 is 0 Å². The van der Waals surface area contributed by atoms with Gasteiger partial charge in [0.15, 0.2) is 0 Å². The van der Waals surface area contributed by atoms with Crippen LogP contribution in [-0.4, -0.2) is 25.9 Å². The maximum Gasteiger partial charge on any atom is 0.261 e. The monoisotopic (exact) mass is 390 g/mol. The SMILES string of the molecule is O=C(NC/C=C/S(=O)(=O)c1ccccc1F)c1cc2c([nH]c1=O)CCCC2. The maximum atomic E-state index is 13.6. The van der Waals surface area contributed by atoms with Crippen molar-refractivity contribution in [1.82, 2.24) is 10.3 Å². The lowest BCUT2D eigenvalue weighted by atomic mass is 9.95. The van der Waals surface area contributed by atoms with Crippen molar-refractivity contribution in [2.75, 3.05) is 6.54 Å². The van der Waals surface area contributed by atoms with E-state index in [-0.39, 0.29) is 12.1 Å². The highest BCUT2D eigenvalue weighted by atomic mass is 32.2. The van der Waals surface area contributed by atoms with E-state index in [4.69, 9.17) is 0 Å². The largest absolute Gasteiger partial charge is 0.348 e. The van der Waals surface area contributed by atoms with Crippen LogP contribution < -0.4 is 10.9 Å². The molecule has 0 unspecified atom stereocenters. The van der Waals surface area contributed by atoms with Gasteiger partial charge in [0.1, 0.15) is 16.3 Å². The number of pyridine rings is 1. The van der Waals surface area contributed by atoms with Crippen molar-refractivity contribution < 1.29 is 17.6 Å². The molecule has 1 aliphatic carbocycles. The molecule has 1 aromatic carbocycles. The molecule has 0 saturated carbocycles. The van der Waals surface area contributed by atoms with Crippen molar-refractivity contribution in [1.29, 1.82) is 0 Å². The summed E-state index contributed by atoms with van der Waals surface area (Å²) < 4.78 is 37.8. The summed E-state index contributed by atoms with van der Waals surface area (Å²) in [5.41, 5.74) is 1.37. The van der Waals surface area contributed by atoms with Crippen LogP contribution in [0.5, 0.6) is 0 Å². The molecule has 0 aliphatic heterocycles. The molecule has 27 heavy (non-hydrogen) atoms. The predicted molar refractivity (Wildman–Crippen MR) is 98.8 cm³/mol. The Kier molecular flexibility index (Phi) is 5.55. The molecule has 0 radical (unpaired) electrons. The molecule has 1 aromatic heterocycles. The Balaban J connectivity index is 1.67. The van der Waals surface area contributed by atoms with Gasteiger partial charge in [-0.2, -0.15) is 0 Å². The zero-order valence-corrected chi connectivity index (χ0v) is 15.3. The number of carbonyl (C=O) groups excluding carboxylic acids is 1. The van der Waals surface area contributed by atoms with Gasteiger partial charge in [-0.15, -0.1) is 0 Å². The minimum absolute atomic E-state index is 0.000936. The quantitative estimate of drug-likeness (QED) is 0.817. The molecule has 0 bridgehead atoms. The summed E-state index contributed by atoms with van der Waals surface area (Å²) >= 11 is 0. The number of amides is 1. The number of fused-ring (bicyclic) bond motifs is 1. The second kappa shape index (κ2) is 7.87. The molecule has 1 aliphatic rings. The molecular weight excluding hydrogens is 371 g/mol. The topological polar surface area (TPSA) is 96.1 Å². The third-order valence-corrected chi connectivity index (χ3v) is 5.88. The summed E-state index contributed by atoms with van der Waals surface area (Å²) in [4.78, 5) is 26.6. The number of rotatable bonds is 5. The van der Waals surface area contributed by atoms with Crippen LogP contribution in [0.25, 0.3) is 0 Å². The van der Waals surface area contributed by atoms with Crippen LogP contribution in [0.3, 0.4) is 0 Å². The van der Waals surface area contributed by atoms with Crippen molar-refractivity contribution >= 4 is 15.7 Å². The van der Waals surface area contributed by atoms with E-state index >= 15 is 0 Å². The second-order valence-corrected chi connectivity index (χ2v) is 8.08. The standard InChI is InChI=1S/C19H19FN2O4S/c20-15-7-2-4-9-17(15)27(25,26)11-5-10-21-18(23)14-12-13-6-1-3-8-16(13)22-19(14)24/h2,4-5,7,9,11-12H,1,3,6,8,10H2,(H,21,23)(H,22,24)/b11-5+. The zero-order valence-electron chi connectivity index (χ0n) is 14.5. The van der Waals surface area contributed by atoms with Crippen LogP contribution in [-0.2, 0) is 22.7 Å². The molecular formula is C19H19FN2O4S. The van der Waals surface area contributed by atoms with Crippen molar-refractivity contribution in [2.45, 2.75) is 30.6 Å². The lowest BCUT2D eigenvalue weighted by Gasteiger charge is -2.15. The van der Waals surface area contributed by atoms with Crippen molar-refractivity contribution in [3.8, 4) is 0 Å². The molecule has 2 N–H and O–H groups in total. The van der Waals surface area contributed by atoms with E-state index in [0.717, 1.165) is 48.4 Å². The number of hydrogen-bond donors (Lipinski definition) is 2. The zero-order chi connectivity index (χ0) is 19.4. The summed E-state index contributed by atoms with van der Waals surface area (Å²) in [6.07, 6.45) is 4.83. The molecule has 1 amide bonds. The van der Waals surface area contributed by atoms with E-state index in [0.29, 0.717) is 0 Å². The lowest BCUT2D eigenvalue weighted by Crippen LogP contribution is -2.31. The predicted octanol–water partition coefficient (Wildman–Crippen LogP) is 2.11. The smallest absolute Gasteiger partial charge is 0.261 e. The average Bonchev–Trinajstić information content (AvgIpc) is 2.64. The lowest BCUT2D eigenvalue weighted by molar-refractivity contribution is 0.0956. The molecule has 6 nitrogen and oxygen atoms in total. The van der Waals surface area contributed by atoms with E-state index in [9.17, 15) is 22.4 Å². The fourth-order valence-corrected chi connectivity index (χ4v) is 4.12. The van der Waals surface area contributed by atoms with Crippen molar-refractivity contribution in [2.24, 2.45) is 0 Å². The van der Waals surface area contributed by atoms with Gasteiger partial charge in [0.25, 0.3) is 11.5 Å². The van der Waals surface area contributed by atoms with Crippen molar-refractivity contribution in [3.63, 3.8) is 0 Å². The molecule has 0 fully saturated rings. The second-order valence-electron chi connectivity index (χ2n) is 6.28. The van der Waals surface area contributed by atoms with Crippen LogP contribution in [0, 0.1) is 5.82 Å². The number of aryl methyl sites for hydroxylation is 2. The van der Waals surface area contributed by atoms with Gasteiger partial charge in [0.2, 0.25) is 9.84 Å². The summed E-state index contributed by atoms with van der Waals surface area (Å²) in [5, 5.41) is 3.32. The van der Waals surface area contributed by atoms with Crippen molar-refractivity contribution in [3.05, 3.63) is 74.8 Å². The molecule has 2 aromatic rings. The Morgan fingerprint density at radius 1 is 1.22 bits per heavy atom. The maximum absolute atomic E-state index is 13.6. The Morgan fingerprint density at radius 3 is 2.74 bits per heavy atom. The summed E-state index contributed by atoms with van der Waals surface area (Å²) in [5.74, 6) is -1.43. The first-order valence-electron chi connectivity index (χ1n) is 8.58. The number of sulfone groups is 1. The summed E-state index contributed by atoms with van der Waals surface area (Å²) in [6.45, 7) is -0.108. The number of aromatic nitrogens is 1. The number of carbonyl (C=O) groups is 1. The molecule has 142 valence electrons. The third-order valence-electron chi connectivity index (χ3n) is 4.38. The Morgan fingerprint density at radius 2 is 1.96 bits per heavy atom. The number of benzene rings is 1. The summed E-state index contributed by atoms with van der Waals surface area (Å²) in [6, 6.07) is 6.65. The normalized spacial score (nSPS) is 14.1. The number of H-pyrrole nitrogens is 1. The first-order chi connectivity index (χ1) is 12.9. The fourth-order valence-electron chi connectivity index (χ4n) is 3.01. The van der Waals surface area contributed by atoms with Gasteiger partial charge in [-0.25, -0.2) is 12.8 Å². The fraction of sp³-hybridized carbons (Fsp3) is 0.263. The Bertz CT molecular complexity index is 1060. The third kappa shape index (κ3) is 4.33. The van der Waals surface area contributed by atoms with Gasteiger partial charge in [-0.1, -0.05) is 18.2 Å². The minimum Gasteiger partial charge on any atom is -0.348 e. The average molecular weight is 390 g/mol. The van der Waals surface area contributed by atoms with Gasteiger partial charge in [0, 0.05) is 17.6 Å². The van der Waals surface area contributed by atoms with Crippen LogP contribution in [0.1, 0.15) is 34.5 Å². The number of nitrogens with one attached hydrogen (secondary N) is 2. The van der Waals surface area contributed by atoms with Crippen LogP contribution in [0.2, 0.25) is 0 Å². The van der Waals surface area contributed by atoms with Crippen LogP contribution >= 0.6 is 0 Å². The Labute approximate surface area is 156 Å². The Hall–Kier alpha value is -2.74. The van der Waals surface area contributed by atoms with E-state index in [1.165, 1.54) is 24.3 Å². The molecule has 0 atom stereocenters. The van der Waals surface area contributed by atoms with Crippen LogP contribution in [0.15, 0.2) is 51.5 Å². The van der Waals surface area contributed by atoms with Gasteiger partial charge in [-0.05, 0) is 49.4 Å². The first kappa shape index (κ1) is 19.0.